The van der Waals surface area contributed by atoms with Crippen molar-refractivity contribution >= 4 is 35.1 Å². The van der Waals surface area contributed by atoms with Crippen molar-refractivity contribution in [2.45, 2.75) is 90.6 Å². The van der Waals surface area contributed by atoms with Crippen molar-refractivity contribution < 1.29 is 19.2 Å². The molecular weight excluding hydrogens is 570 g/mol. The van der Waals surface area contributed by atoms with Crippen LogP contribution in [-0.4, -0.2) is 82.5 Å². The first kappa shape index (κ1) is 34.1. The number of aromatic nitrogens is 2. The Bertz CT molecular complexity index is 1290. The highest BCUT2D eigenvalue weighted by Crippen LogP contribution is 2.32. The number of carbonyl (C=O) groups is 4. The van der Waals surface area contributed by atoms with Crippen LogP contribution in [0.2, 0.25) is 0 Å². The van der Waals surface area contributed by atoms with E-state index in [1.807, 2.05) is 44.9 Å². The fraction of sp³-hybridized carbons (Fsp3) is 0.618. The number of amides is 4. The predicted octanol–water partition coefficient (Wildman–Crippen LogP) is 4.40. The van der Waals surface area contributed by atoms with Crippen LogP contribution < -0.4 is 16.0 Å². The number of likely N-dealkylation sites (N-methyl/N-ethyl adjacent to an activating group) is 1. The number of anilines is 2. The Morgan fingerprint density at radius 3 is 2.09 bits per heavy atom. The second-order valence-electron chi connectivity index (χ2n) is 12.9. The minimum absolute atomic E-state index is 0.0502. The average Bonchev–Trinajstić information content (AvgIpc) is 3.33. The molecule has 11 heteroatoms. The van der Waals surface area contributed by atoms with E-state index in [0.717, 1.165) is 57.2 Å². The summed E-state index contributed by atoms with van der Waals surface area (Å²) in [7, 11) is 2.04. The minimum atomic E-state index is -0.841. The third kappa shape index (κ3) is 8.93. The number of carbonyl (C=O) groups excluding carboxylic acids is 4. The van der Waals surface area contributed by atoms with Crippen LogP contribution in [0.1, 0.15) is 90.2 Å². The van der Waals surface area contributed by atoms with Gasteiger partial charge < -0.3 is 25.8 Å². The monoisotopic (exact) mass is 621 g/mol. The summed E-state index contributed by atoms with van der Waals surface area (Å²) in [5.74, 6) is -1.48. The highest BCUT2D eigenvalue weighted by molar-refractivity contribution is 6.10. The van der Waals surface area contributed by atoms with Crippen LogP contribution >= 0.6 is 0 Å². The second kappa shape index (κ2) is 16.0. The van der Waals surface area contributed by atoms with E-state index in [0.29, 0.717) is 31.0 Å². The molecule has 1 aliphatic carbocycles. The number of benzene rings is 1. The maximum absolute atomic E-state index is 13.8. The van der Waals surface area contributed by atoms with Gasteiger partial charge in [-0.2, -0.15) is 5.10 Å². The van der Waals surface area contributed by atoms with Gasteiger partial charge in [-0.05, 0) is 57.4 Å². The quantitative estimate of drug-likeness (QED) is 0.252. The lowest BCUT2D eigenvalue weighted by Crippen LogP contribution is -2.55. The van der Waals surface area contributed by atoms with Gasteiger partial charge in [0.2, 0.25) is 23.6 Å². The number of piperazine rings is 1. The molecule has 3 N–H and O–H groups in total. The number of nitrogens with zero attached hydrogens (tertiary/aromatic N) is 4. The molecule has 1 saturated heterocycles. The van der Waals surface area contributed by atoms with Crippen molar-refractivity contribution in [3.05, 3.63) is 42.1 Å². The highest BCUT2D eigenvalue weighted by atomic mass is 16.2. The summed E-state index contributed by atoms with van der Waals surface area (Å²) in [4.78, 5) is 57.5. The summed E-state index contributed by atoms with van der Waals surface area (Å²) in [6.07, 6.45) is 7.83. The Morgan fingerprint density at radius 2 is 1.49 bits per heavy atom. The third-order valence-electron chi connectivity index (χ3n) is 9.27. The van der Waals surface area contributed by atoms with Crippen LogP contribution in [0, 0.1) is 11.8 Å². The fourth-order valence-electron chi connectivity index (χ4n) is 6.40. The molecule has 246 valence electrons. The topological polar surface area (TPSA) is 129 Å². The van der Waals surface area contributed by atoms with E-state index < -0.39 is 12.0 Å². The fourth-order valence-corrected chi connectivity index (χ4v) is 6.40. The van der Waals surface area contributed by atoms with Crippen molar-refractivity contribution in [1.29, 1.82) is 0 Å². The Balaban J connectivity index is 1.49. The molecule has 1 aromatic carbocycles. The van der Waals surface area contributed by atoms with Gasteiger partial charge in [0.05, 0.1) is 6.20 Å². The van der Waals surface area contributed by atoms with E-state index in [1.165, 1.54) is 0 Å². The molecule has 0 bridgehead atoms. The maximum atomic E-state index is 13.8. The van der Waals surface area contributed by atoms with Crippen molar-refractivity contribution in [2.24, 2.45) is 11.8 Å². The largest absolute Gasteiger partial charge is 0.344 e. The van der Waals surface area contributed by atoms with E-state index in [9.17, 15) is 19.2 Å². The van der Waals surface area contributed by atoms with Crippen LogP contribution in [0.25, 0.3) is 0 Å². The molecule has 2 aliphatic rings. The van der Waals surface area contributed by atoms with E-state index in [1.54, 1.807) is 36.0 Å². The van der Waals surface area contributed by atoms with Gasteiger partial charge >= 0.3 is 0 Å². The van der Waals surface area contributed by atoms with Gasteiger partial charge in [-0.3, -0.25) is 19.2 Å². The van der Waals surface area contributed by atoms with Crippen LogP contribution in [0.5, 0.6) is 0 Å². The highest BCUT2D eigenvalue weighted by Gasteiger charge is 2.36. The summed E-state index contributed by atoms with van der Waals surface area (Å²) in [6.45, 7) is 10.5. The number of hydrogen-bond donors (Lipinski definition) is 3. The molecule has 45 heavy (non-hydrogen) atoms. The molecule has 3 atom stereocenters. The number of rotatable bonds is 11. The molecule has 2 heterocycles. The summed E-state index contributed by atoms with van der Waals surface area (Å²) in [6, 6.07) is 8.49. The molecule has 0 unspecified atom stereocenters. The number of hydrogen-bond acceptors (Lipinski definition) is 6. The van der Waals surface area contributed by atoms with E-state index in [4.69, 9.17) is 0 Å². The molecule has 0 radical (unpaired) electrons. The molecule has 2 aromatic rings. The van der Waals surface area contributed by atoms with Gasteiger partial charge in [-0.15, -0.1) is 0 Å². The van der Waals surface area contributed by atoms with Gasteiger partial charge in [0, 0.05) is 56.3 Å². The molecule has 1 saturated carbocycles. The molecule has 11 nitrogen and oxygen atoms in total. The van der Waals surface area contributed by atoms with Gasteiger partial charge in [0.15, 0.2) is 0 Å². The molecule has 2 fully saturated rings. The molecule has 1 aliphatic heterocycles. The van der Waals surface area contributed by atoms with Crippen molar-refractivity contribution in [1.82, 2.24) is 24.9 Å². The van der Waals surface area contributed by atoms with E-state index in [-0.39, 0.29) is 41.5 Å². The van der Waals surface area contributed by atoms with Gasteiger partial charge in [-0.1, -0.05) is 51.7 Å². The Kier molecular flexibility index (Phi) is 12.2. The third-order valence-corrected chi connectivity index (χ3v) is 9.27. The van der Waals surface area contributed by atoms with Crippen molar-refractivity contribution in [3.8, 4) is 0 Å². The lowest BCUT2D eigenvalue weighted by Gasteiger charge is -2.36. The zero-order valence-electron chi connectivity index (χ0n) is 27.6. The molecule has 4 amide bonds. The van der Waals surface area contributed by atoms with Crippen LogP contribution in [0.3, 0.4) is 0 Å². The first-order valence-corrected chi connectivity index (χ1v) is 16.6. The molecule has 1 aromatic heterocycles. The predicted molar refractivity (Wildman–Crippen MR) is 176 cm³/mol. The minimum Gasteiger partial charge on any atom is -0.344 e. The van der Waals surface area contributed by atoms with Gasteiger partial charge in [-0.25, -0.2) is 4.68 Å². The van der Waals surface area contributed by atoms with E-state index in [2.05, 4.69) is 25.9 Å². The van der Waals surface area contributed by atoms with Crippen LogP contribution in [-0.2, 0) is 19.2 Å². The zero-order valence-corrected chi connectivity index (χ0v) is 27.6. The second-order valence-corrected chi connectivity index (χ2v) is 12.9. The lowest BCUT2D eigenvalue weighted by molar-refractivity contribution is -0.138. The smallest absolute Gasteiger partial charge is 0.245 e. The lowest BCUT2D eigenvalue weighted by atomic mass is 9.84. The number of nitrogens with one attached hydrogen (secondary N) is 3. The molecular formula is C34H51N7O4. The summed E-state index contributed by atoms with van der Waals surface area (Å²) in [5.41, 5.74) is 1.45. The Labute approximate surface area is 267 Å². The van der Waals surface area contributed by atoms with Crippen LogP contribution in [0.4, 0.5) is 11.5 Å². The first-order valence-electron chi connectivity index (χ1n) is 16.6. The van der Waals surface area contributed by atoms with E-state index >= 15 is 0 Å². The first-order chi connectivity index (χ1) is 21.6. The standard InChI is InChI=1S/C34H51N7O4/c1-6-29(42)38-31(34(45)40-21-19-39(5)20-22-40)24(4)25-13-15-27(16-14-25)36-32(43)30(26-11-9-7-8-10-12-26)33(44)37-28-17-18-35-41(28)23(2)3/h13-18,23-24,26,30-31H,6-12,19-22H2,1-5H3,(H,36,43)(H,37,44)(H,38,42)/t24-,30-,31+/m0/s1. The van der Waals surface area contributed by atoms with Crippen molar-refractivity contribution in [2.75, 3.05) is 43.9 Å². The SMILES string of the molecule is CCC(=O)N[C@@H](C(=O)N1CCN(C)CC1)[C@@H](C)c1ccc(NC(=O)[C@@H](C(=O)Nc2ccnn2C(C)C)C2CCCCCC2)cc1. The average molecular weight is 622 g/mol. The summed E-state index contributed by atoms with van der Waals surface area (Å²) < 4.78 is 1.74. The van der Waals surface area contributed by atoms with Gasteiger partial charge in [0.25, 0.3) is 0 Å². The maximum Gasteiger partial charge on any atom is 0.245 e. The Hall–Kier alpha value is -3.73. The normalized spacial score (nSPS) is 18.5. The van der Waals surface area contributed by atoms with Gasteiger partial charge in [0.1, 0.15) is 17.8 Å². The molecule has 4 rings (SSSR count). The Morgan fingerprint density at radius 1 is 0.867 bits per heavy atom. The summed E-state index contributed by atoms with van der Waals surface area (Å²) >= 11 is 0. The zero-order chi connectivity index (χ0) is 32.5. The summed E-state index contributed by atoms with van der Waals surface area (Å²) in [5, 5.41) is 13.3. The van der Waals surface area contributed by atoms with Crippen molar-refractivity contribution in [3.63, 3.8) is 0 Å². The van der Waals surface area contributed by atoms with Crippen LogP contribution in [0.15, 0.2) is 36.5 Å². The molecule has 0 spiro atoms.